The highest BCUT2D eigenvalue weighted by atomic mass is 16.5. The molecule has 2 N–H and O–H groups in total. The Labute approximate surface area is 142 Å². The van der Waals surface area contributed by atoms with Gasteiger partial charge in [0, 0.05) is 23.8 Å². The zero-order chi connectivity index (χ0) is 16.7. The summed E-state index contributed by atoms with van der Waals surface area (Å²) in [6, 6.07) is 7.26. The van der Waals surface area contributed by atoms with Gasteiger partial charge in [0.1, 0.15) is 0 Å². The van der Waals surface area contributed by atoms with Gasteiger partial charge in [-0.1, -0.05) is 6.07 Å². The number of hydrogen-bond acceptors (Lipinski definition) is 3. The predicted molar refractivity (Wildman–Crippen MR) is 89.9 cm³/mol. The molecule has 5 heteroatoms. The van der Waals surface area contributed by atoms with Crippen LogP contribution in [0.15, 0.2) is 24.3 Å². The molecule has 1 aliphatic heterocycles. The van der Waals surface area contributed by atoms with Crippen molar-refractivity contribution in [2.45, 2.75) is 56.7 Å². The number of rotatable bonds is 5. The summed E-state index contributed by atoms with van der Waals surface area (Å²) in [6.07, 6.45) is 5.42. The molecule has 3 fully saturated rings. The summed E-state index contributed by atoms with van der Waals surface area (Å²) in [5, 5.41) is 6.12. The fourth-order valence-corrected chi connectivity index (χ4v) is 3.54. The first-order valence-electron chi connectivity index (χ1n) is 8.90. The second-order valence-corrected chi connectivity index (χ2v) is 7.58. The van der Waals surface area contributed by atoms with Gasteiger partial charge in [-0.2, -0.15) is 0 Å². The highest BCUT2D eigenvalue weighted by Gasteiger charge is 2.49. The van der Waals surface area contributed by atoms with E-state index in [-0.39, 0.29) is 23.5 Å². The molecule has 24 heavy (non-hydrogen) atoms. The highest BCUT2D eigenvalue weighted by Crippen LogP contribution is 2.43. The Morgan fingerprint density at radius 2 is 1.83 bits per heavy atom. The molecule has 128 valence electrons. The van der Waals surface area contributed by atoms with Gasteiger partial charge in [0.15, 0.2) is 0 Å². The molecular formula is C19H24N2O3. The van der Waals surface area contributed by atoms with Gasteiger partial charge in [0.2, 0.25) is 0 Å². The van der Waals surface area contributed by atoms with E-state index in [2.05, 4.69) is 17.6 Å². The number of carbonyl (C=O) groups excluding carboxylic acids is 2. The quantitative estimate of drug-likeness (QED) is 0.871. The molecular weight excluding hydrogens is 304 g/mol. The van der Waals surface area contributed by atoms with Crippen molar-refractivity contribution in [2.75, 3.05) is 6.61 Å². The van der Waals surface area contributed by atoms with Crippen LogP contribution in [0.2, 0.25) is 0 Å². The van der Waals surface area contributed by atoms with Crippen LogP contribution in [0, 0.1) is 5.92 Å². The molecule has 5 nitrogen and oxygen atoms in total. The number of amides is 2. The van der Waals surface area contributed by atoms with Crippen LogP contribution in [0.1, 0.15) is 59.7 Å². The molecule has 2 saturated carbocycles. The Balaban J connectivity index is 1.46. The second-order valence-electron chi connectivity index (χ2n) is 7.58. The Morgan fingerprint density at radius 3 is 2.50 bits per heavy atom. The SMILES string of the molecule is CC1(NC(=O)c2cccc(C(=O)NC3CC3)c2)CCOC1C1CC1. The number of carbonyl (C=O) groups is 2. The molecule has 0 aromatic heterocycles. The van der Waals surface area contributed by atoms with Crippen LogP contribution < -0.4 is 10.6 Å². The first-order valence-corrected chi connectivity index (χ1v) is 8.90. The molecule has 4 rings (SSSR count). The maximum absolute atomic E-state index is 12.7. The average Bonchev–Trinajstić information content (AvgIpc) is 3.48. The number of nitrogens with one attached hydrogen (secondary N) is 2. The van der Waals surface area contributed by atoms with E-state index in [0.29, 0.717) is 29.7 Å². The summed E-state index contributed by atoms with van der Waals surface area (Å²) in [5.74, 6) is 0.349. The standard InChI is InChI=1S/C19H24N2O3/c1-19(9-10-24-16(19)12-5-6-12)21-18(23)14-4-2-3-13(11-14)17(22)20-15-7-8-15/h2-4,11-12,15-16H,5-10H2,1H3,(H,20,22)(H,21,23). The summed E-state index contributed by atoms with van der Waals surface area (Å²) in [6.45, 7) is 2.77. The zero-order valence-corrected chi connectivity index (χ0v) is 14.0. The molecule has 2 aliphatic carbocycles. The lowest BCUT2D eigenvalue weighted by atomic mass is 9.90. The van der Waals surface area contributed by atoms with Crippen molar-refractivity contribution in [1.29, 1.82) is 0 Å². The van der Waals surface area contributed by atoms with Crippen LogP contribution >= 0.6 is 0 Å². The maximum Gasteiger partial charge on any atom is 0.251 e. The third kappa shape index (κ3) is 3.18. The fourth-order valence-electron chi connectivity index (χ4n) is 3.54. The van der Waals surface area contributed by atoms with Crippen LogP contribution in [0.3, 0.4) is 0 Å². The van der Waals surface area contributed by atoms with Crippen LogP contribution in [-0.4, -0.2) is 36.1 Å². The topological polar surface area (TPSA) is 67.4 Å². The van der Waals surface area contributed by atoms with E-state index in [1.165, 1.54) is 12.8 Å². The monoisotopic (exact) mass is 328 g/mol. The van der Waals surface area contributed by atoms with Gasteiger partial charge in [0.05, 0.1) is 11.6 Å². The minimum absolute atomic E-state index is 0.0987. The minimum Gasteiger partial charge on any atom is -0.375 e. The molecule has 1 aromatic rings. The molecule has 1 saturated heterocycles. The second kappa shape index (κ2) is 5.88. The van der Waals surface area contributed by atoms with Crippen LogP contribution in [-0.2, 0) is 4.74 Å². The van der Waals surface area contributed by atoms with Crippen LogP contribution in [0.5, 0.6) is 0 Å². The van der Waals surface area contributed by atoms with E-state index in [0.717, 1.165) is 19.3 Å². The molecule has 3 aliphatic rings. The van der Waals surface area contributed by atoms with Gasteiger partial charge in [-0.05, 0) is 63.1 Å². The van der Waals surface area contributed by atoms with E-state index >= 15 is 0 Å². The smallest absolute Gasteiger partial charge is 0.251 e. The first kappa shape index (κ1) is 15.6. The molecule has 0 bridgehead atoms. The van der Waals surface area contributed by atoms with Crippen LogP contribution in [0.25, 0.3) is 0 Å². The van der Waals surface area contributed by atoms with Gasteiger partial charge in [-0.15, -0.1) is 0 Å². The van der Waals surface area contributed by atoms with Crippen molar-refractivity contribution < 1.29 is 14.3 Å². The maximum atomic E-state index is 12.7. The summed E-state index contributed by atoms with van der Waals surface area (Å²) in [5.41, 5.74) is 0.757. The molecule has 2 unspecified atom stereocenters. The van der Waals surface area contributed by atoms with E-state index in [9.17, 15) is 9.59 Å². The summed E-state index contributed by atoms with van der Waals surface area (Å²) in [7, 11) is 0. The molecule has 1 heterocycles. The molecule has 2 amide bonds. The summed E-state index contributed by atoms with van der Waals surface area (Å²) >= 11 is 0. The van der Waals surface area contributed by atoms with Crippen molar-refractivity contribution in [1.82, 2.24) is 10.6 Å². The summed E-state index contributed by atoms with van der Waals surface area (Å²) < 4.78 is 5.86. The lowest BCUT2D eigenvalue weighted by Gasteiger charge is -2.31. The van der Waals surface area contributed by atoms with Gasteiger partial charge < -0.3 is 15.4 Å². The Morgan fingerprint density at radius 1 is 1.12 bits per heavy atom. The van der Waals surface area contributed by atoms with Crippen molar-refractivity contribution in [3.63, 3.8) is 0 Å². The van der Waals surface area contributed by atoms with Crippen molar-refractivity contribution in [2.24, 2.45) is 5.92 Å². The van der Waals surface area contributed by atoms with Crippen molar-refractivity contribution in [3.8, 4) is 0 Å². The number of hydrogen-bond donors (Lipinski definition) is 2. The van der Waals surface area contributed by atoms with Gasteiger partial charge in [-0.3, -0.25) is 9.59 Å². The molecule has 1 aromatic carbocycles. The third-order valence-corrected chi connectivity index (χ3v) is 5.30. The molecule has 0 radical (unpaired) electrons. The number of benzene rings is 1. The molecule has 2 atom stereocenters. The fraction of sp³-hybridized carbons (Fsp3) is 0.579. The zero-order valence-electron chi connectivity index (χ0n) is 14.0. The lowest BCUT2D eigenvalue weighted by Crippen LogP contribution is -2.52. The summed E-state index contributed by atoms with van der Waals surface area (Å²) in [4.78, 5) is 24.9. The largest absolute Gasteiger partial charge is 0.375 e. The highest BCUT2D eigenvalue weighted by molar-refractivity contribution is 6.00. The Hall–Kier alpha value is -1.88. The van der Waals surface area contributed by atoms with E-state index in [1.807, 2.05) is 0 Å². The lowest BCUT2D eigenvalue weighted by molar-refractivity contribution is 0.0514. The van der Waals surface area contributed by atoms with Crippen molar-refractivity contribution >= 4 is 11.8 Å². The normalized spacial score (nSPS) is 29.3. The molecule has 0 spiro atoms. The average molecular weight is 328 g/mol. The van der Waals surface area contributed by atoms with Gasteiger partial charge in [-0.25, -0.2) is 0 Å². The number of ether oxygens (including phenoxy) is 1. The Bertz CT molecular complexity index is 666. The minimum atomic E-state index is -0.315. The van der Waals surface area contributed by atoms with Gasteiger partial charge in [0.25, 0.3) is 11.8 Å². The third-order valence-electron chi connectivity index (χ3n) is 5.30. The van der Waals surface area contributed by atoms with E-state index < -0.39 is 0 Å². The van der Waals surface area contributed by atoms with E-state index in [4.69, 9.17) is 4.74 Å². The van der Waals surface area contributed by atoms with Gasteiger partial charge >= 0.3 is 0 Å². The van der Waals surface area contributed by atoms with Crippen LogP contribution in [0.4, 0.5) is 0 Å². The Kier molecular flexibility index (Phi) is 3.83. The first-order chi connectivity index (χ1) is 11.5. The van der Waals surface area contributed by atoms with Crippen molar-refractivity contribution in [3.05, 3.63) is 35.4 Å². The predicted octanol–water partition coefficient (Wildman–Crippen LogP) is 2.27. The van der Waals surface area contributed by atoms with E-state index in [1.54, 1.807) is 24.3 Å².